The van der Waals surface area contributed by atoms with Crippen LogP contribution in [0.5, 0.6) is 0 Å². The SMILES string of the molecule is CC(=O)N1C[C@H]2CC(/C=C/c3ccc[n+](C/C=C/c4ccccc4)c3)=C(C(=O)[O-])N3C(=O)[C@@H]1[C@@H]23. The molecule has 2 fully saturated rings. The smallest absolute Gasteiger partial charge is 0.252 e. The van der Waals surface area contributed by atoms with Crippen molar-refractivity contribution in [2.45, 2.75) is 32.0 Å². The van der Waals surface area contributed by atoms with Gasteiger partial charge in [0.2, 0.25) is 5.91 Å². The van der Waals surface area contributed by atoms with Gasteiger partial charge in [0.25, 0.3) is 5.91 Å². The van der Waals surface area contributed by atoms with Gasteiger partial charge in [0.05, 0.1) is 17.7 Å². The summed E-state index contributed by atoms with van der Waals surface area (Å²) in [6.07, 6.45) is 12.2. The summed E-state index contributed by atoms with van der Waals surface area (Å²) < 4.78 is 2.04. The Morgan fingerprint density at radius 2 is 1.85 bits per heavy atom. The van der Waals surface area contributed by atoms with Crippen molar-refractivity contribution in [1.82, 2.24) is 9.80 Å². The van der Waals surface area contributed by atoms with E-state index in [-0.39, 0.29) is 29.5 Å². The van der Waals surface area contributed by atoms with Crippen LogP contribution in [-0.4, -0.2) is 46.2 Å². The lowest BCUT2D eigenvalue weighted by Gasteiger charge is -2.50. The number of aromatic nitrogens is 1. The lowest BCUT2D eigenvalue weighted by Crippen LogP contribution is -2.69. The van der Waals surface area contributed by atoms with Crippen molar-refractivity contribution in [3.63, 3.8) is 0 Å². The largest absolute Gasteiger partial charge is 0.543 e. The normalized spacial score (nSPS) is 23.6. The zero-order valence-corrected chi connectivity index (χ0v) is 18.8. The minimum absolute atomic E-state index is 0.0261. The fraction of sp³-hybridized carbons (Fsp3) is 0.259. The van der Waals surface area contributed by atoms with E-state index in [1.165, 1.54) is 11.8 Å². The Hall–Kier alpha value is -4.00. The lowest BCUT2D eigenvalue weighted by molar-refractivity contribution is -0.687. The van der Waals surface area contributed by atoms with Crippen LogP contribution in [-0.2, 0) is 20.9 Å². The van der Waals surface area contributed by atoms with Crippen molar-refractivity contribution >= 4 is 29.9 Å². The molecule has 4 heterocycles. The first-order valence-corrected chi connectivity index (χ1v) is 11.4. The zero-order valence-electron chi connectivity index (χ0n) is 18.8. The molecule has 0 radical (unpaired) electrons. The third-order valence-corrected chi connectivity index (χ3v) is 6.77. The molecule has 34 heavy (non-hydrogen) atoms. The van der Waals surface area contributed by atoms with Gasteiger partial charge in [-0.2, -0.15) is 0 Å². The first kappa shape index (κ1) is 21.8. The molecular weight excluding hydrogens is 430 g/mol. The quantitative estimate of drug-likeness (QED) is 0.484. The van der Waals surface area contributed by atoms with Crippen LogP contribution >= 0.6 is 0 Å². The molecule has 0 aliphatic carbocycles. The van der Waals surface area contributed by atoms with E-state index in [2.05, 4.69) is 12.2 Å². The number of carbonyl (C=O) groups excluding carboxylic acids is 3. The molecule has 0 N–H and O–H groups in total. The Labute approximate surface area is 197 Å². The van der Waals surface area contributed by atoms with E-state index in [1.807, 2.05) is 65.5 Å². The molecule has 0 saturated carbocycles. The number of allylic oxidation sites excluding steroid dienone is 3. The molecule has 3 aliphatic rings. The van der Waals surface area contributed by atoms with Crippen LogP contribution in [0.1, 0.15) is 24.5 Å². The van der Waals surface area contributed by atoms with Crippen molar-refractivity contribution in [1.29, 1.82) is 0 Å². The van der Waals surface area contributed by atoms with Crippen molar-refractivity contribution < 1.29 is 24.1 Å². The van der Waals surface area contributed by atoms with Gasteiger partial charge < -0.3 is 19.7 Å². The summed E-state index contributed by atoms with van der Waals surface area (Å²) >= 11 is 0. The topological polar surface area (TPSA) is 84.6 Å². The van der Waals surface area contributed by atoms with Crippen LogP contribution in [0, 0.1) is 5.92 Å². The van der Waals surface area contributed by atoms with E-state index < -0.39 is 12.0 Å². The van der Waals surface area contributed by atoms with Gasteiger partial charge >= 0.3 is 0 Å². The maximum atomic E-state index is 12.7. The zero-order chi connectivity index (χ0) is 23.8. The second kappa shape index (κ2) is 8.74. The molecular formula is C27H25N3O4. The Morgan fingerprint density at radius 1 is 1.09 bits per heavy atom. The number of likely N-dealkylation sites (tertiary alicyclic amines) is 1. The standard InChI is InChI=1S/C27H25N3O4/c1-18(31)29-17-22-15-21(24(27(33)34)30-23(22)25(29)26(30)32)12-11-20-10-6-14-28(16-20)13-5-9-19-7-3-2-4-8-19/h2-12,14,16,22-23,25H,13,15,17H2,1H3/b9-5+,12-11+/t22-,23-,25+/m1/s1. The average molecular weight is 456 g/mol. The van der Waals surface area contributed by atoms with Gasteiger partial charge in [0.15, 0.2) is 18.9 Å². The fourth-order valence-corrected chi connectivity index (χ4v) is 5.26. The van der Waals surface area contributed by atoms with E-state index in [1.54, 1.807) is 11.0 Å². The maximum Gasteiger partial charge on any atom is 0.252 e. The molecule has 2 amide bonds. The number of carbonyl (C=O) groups is 3. The van der Waals surface area contributed by atoms with Crippen LogP contribution in [0.4, 0.5) is 0 Å². The second-order valence-electron chi connectivity index (χ2n) is 8.92. The predicted molar refractivity (Wildman–Crippen MR) is 123 cm³/mol. The van der Waals surface area contributed by atoms with Gasteiger partial charge in [0.1, 0.15) is 6.04 Å². The summed E-state index contributed by atoms with van der Waals surface area (Å²) in [4.78, 5) is 39.5. The highest BCUT2D eigenvalue weighted by atomic mass is 16.4. The van der Waals surface area contributed by atoms with Crippen LogP contribution in [0.3, 0.4) is 0 Å². The van der Waals surface area contributed by atoms with Gasteiger partial charge in [-0.05, 0) is 35.8 Å². The Kier molecular flexibility index (Phi) is 5.61. The van der Waals surface area contributed by atoms with E-state index in [0.717, 1.165) is 11.1 Å². The highest BCUT2D eigenvalue weighted by Gasteiger charge is 2.62. The number of hydrogen-bond acceptors (Lipinski definition) is 4. The fourth-order valence-electron chi connectivity index (χ4n) is 5.26. The summed E-state index contributed by atoms with van der Waals surface area (Å²) in [5.41, 5.74) is 2.53. The van der Waals surface area contributed by atoms with Gasteiger partial charge in [-0.15, -0.1) is 0 Å². The van der Waals surface area contributed by atoms with Gasteiger partial charge in [0, 0.05) is 31.0 Å². The molecule has 2 aromatic rings. The highest BCUT2D eigenvalue weighted by Crippen LogP contribution is 2.47. The van der Waals surface area contributed by atoms with Crippen LogP contribution in [0.25, 0.3) is 12.2 Å². The number of hydrogen-bond donors (Lipinski definition) is 0. The highest BCUT2D eigenvalue weighted by molar-refractivity contribution is 6.02. The molecule has 0 bridgehead atoms. The Balaban J connectivity index is 1.35. The van der Waals surface area contributed by atoms with Crippen molar-refractivity contribution in [3.8, 4) is 0 Å². The third-order valence-electron chi connectivity index (χ3n) is 6.77. The molecule has 0 spiro atoms. The first-order valence-electron chi connectivity index (χ1n) is 11.4. The minimum Gasteiger partial charge on any atom is -0.543 e. The van der Waals surface area contributed by atoms with Crippen molar-refractivity contribution in [3.05, 3.63) is 89.4 Å². The van der Waals surface area contributed by atoms with Crippen LogP contribution in [0.15, 0.2) is 78.3 Å². The van der Waals surface area contributed by atoms with Crippen molar-refractivity contribution in [2.24, 2.45) is 5.92 Å². The molecule has 2 saturated heterocycles. The van der Waals surface area contributed by atoms with Crippen molar-refractivity contribution in [2.75, 3.05) is 6.54 Å². The minimum atomic E-state index is -1.36. The lowest BCUT2D eigenvalue weighted by atomic mass is 9.79. The Bertz CT molecular complexity index is 1250. The molecule has 0 unspecified atom stereocenters. The van der Waals surface area contributed by atoms with Gasteiger partial charge in [-0.1, -0.05) is 42.5 Å². The van der Waals surface area contributed by atoms with Crippen LogP contribution < -0.4 is 9.67 Å². The molecule has 3 aliphatic heterocycles. The Morgan fingerprint density at radius 3 is 2.59 bits per heavy atom. The number of carboxylic acid groups (broad SMARTS) is 1. The number of amides is 2. The third kappa shape index (κ3) is 3.83. The summed E-state index contributed by atoms with van der Waals surface area (Å²) in [6, 6.07) is 13.1. The number of pyridine rings is 1. The molecule has 1 aromatic heterocycles. The summed E-state index contributed by atoms with van der Waals surface area (Å²) in [5.74, 6) is -1.83. The molecule has 3 atom stereocenters. The van der Waals surface area contributed by atoms with E-state index in [9.17, 15) is 19.5 Å². The molecule has 1 aromatic carbocycles. The predicted octanol–water partition coefficient (Wildman–Crippen LogP) is 1.17. The first-order chi connectivity index (χ1) is 16.4. The summed E-state index contributed by atoms with van der Waals surface area (Å²) in [6.45, 7) is 2.60. The maximum absolute atomic E-state index is 12.7. The molecule has 7 heteroatoms. The number of carboxylic acids is 1. The number of aliphatic carboxylic acids is 1. The summed E-state index contributed by atoms with van der Waals surface area (Å²) in [5, 5.41) is 12.0. The monoisotopic (exact) mass is 455 g/mol. The average Bonchev–Trinajstić information content (AvgIpc) is 3.20. The molecule has 5 rings (SSSR count). The summed E-state index contributed by atoms with van der Waals surface area (Å²) in [7, 11) is 0. The van der Waals surface area contributed by atoms with E-state index >= 15 is 0 Å². The van der Waals surface area contributed by atoms with E-state index in [4.69, 9.17) is 0 Å². The number of benzene rings is 1. The van der Waals surface area contributed by atoms with Crippen LogP contribution in [0.2, 0.25) is 0 Å². The van der Waals surface area contributed by atoms with Gasteiger partial charge in [-0.3, -0.25) is 9.59 Å². The number of β-lactam (4-membered cyclic amide) rings is 1. The van der Waals surface area contributed by atoms with E-state index in [0.29, 0.717) is 25.1 Å². The second-order valence-corrected chi connectivity index (χ2v) is 8.92. The number of nitrogens with zero attached hydrogens (tertiary/aromatic N) is 3. The molecule has 172 valence electrons. The molecule has 7 nitrogen and oxygen atoms in total. The number of rotatable bonds is 6. The van der Waals surface area contributed by atoms with Gasteiger partial charge in [-0.25, -0.2) is 4.57 Å².